The maximum atomic E-state index is 12.9. The predicted octanol–water partition coefficient (Wildman–Crippen LogP) is 3.34. The second-order valence-corrected chi connectivity index (χ2v) is 10.5. The van der Waals surface area contributed by atoms with E-state index >= 15 is 0 Å². The molecule has 1 heterocycles. The Bertz CT molecular complexity index is 1080. The molecule has 0 aliphatic carbocycles. The van der Waals surface area contributed by atoms with Crippen LogP contribution in [0.15, 0.2) is 57.9 Å². The van der Waals surface area contributed by atoms with E-state index < -0.39 is 34.0 Å². The molecule has 0 saturated carbocycles. The molecule has 184 valence electrons. The van der Waals surface area contributed by atoms with Gasteiger partial charge in [-0.05, 0) is 54.2 Å². The lowest BCUT2D eigenvalue weighted by Gasteiger charge is -2.34. The average molecular weight is 555 g/mol. The van der Waals surface area contributed by atoms with Crippen molar-refractivity contribution in [2.75, 3.05) is 33.4 Å². The number of carbonyl (C=O) groups excluding carboxylic acids is 1. The number of halogens is 1. The predicted molar refractivity (Wildman–Crippen MR) is 129 cm³/mol. The number of benzene rings is 2. The molecule has 0 spiro atoms. The minimum absolute atomic E-state index is 0.0150. The topological polar surface area (TPSA) is 122 Å². The number of carbonyl (C=O) groups is 2. The van der Waals surface area contributed by atoms with Crippen molar-refractivity contribution in [3.63, 3.8) is 0 Å². The number of rotatable bonds is 9. The smallest absolute Gasteiger partial charge is 0.409 e. The molecular formula is C23H27BrN2O7S. The zero-order valence-corrected chi connectivity index (χ0v) is 21.0. The Morgan fingerprint density at radius 1 is 1.06 bits per heavy atom. The van der Waals surface area contributed by atoms with Crippen molar-refractivity contribution in [1.29, 1.82) is 0 Å². The highest BCUT2D eigenvalue weighted by atomic mass is 79.9. The van der Waals surface area contributed by atoms with E-state index in [1.807, 2.05) is 24.3 Å². The minimum Gasteiger partial charge on any atom is -0.480 e. The minimum atomic E-state index is -4.06. The van der Waals surface area contributed by atoms with Crippen molar-refractivity contribution in [1.82, 2.24) is 9.62 Å². The van der Waals surface area contributed by atoms with Gasteiger partial charge in [-0.3, -0.25) is 4.79 Å². The molecule has 1 amide bonds. The Morgan fingerprint density at radius 2 is 1.62 bits per heavy atom. The first kappa shape index (κ1) is 26.1. The fourth-order valence-corrected chi connectivity index (χ4v) is 5.29. The highest BCUT2D eigenvalue weighted by Gasteiger charge is 2.36. The first-order valence-corrected chi connectivity index (χ1v) is 13.0. The number of nitrogens with zero attached hydrogens (tertiary/aromatic N) is 1. The molecule has 2 aromatic carbocycles. The summed E-state index contributed by atoms with van der Waals surface area (Å²) in [5, 5.41) is 9.72. The lowest BCUT2D eigenvalue weighted by molar-refractivity contribution is -0.140. The van der Waals surface area contributed by atoms with Gasteiger partial charge in [-0.2, -0.15) is 4.72 Å². The maximum absolute atomic E-state index is 12.9. The fraction of sp³-hybridized carbons (Fsp3) is 0.391. The number of sulfonamides is 1. The van der Waals surface area contributed by atoms with Crippen LogP contribution in [0.25, 0.3) is 11.1 Å². The Morgan fingerprint density at radius 3 is 2.15 bits per heavy atom. The number of methoxy groups -OCH3 is 1. The molecule has 1 saturated heterocycles. The number of carboxylic acid groups (broad SMARTS) is 1. The van der Waals surface area contributed by atoms with Crippen molar-refractivity contribution in [3.8, 4) is 11.1 Å². The van der Waals surface area contributed by atoms with E-state index in [1.165, 1.54) is 24.1 Å². The number of likely N-dealkylation sites (tertiary alicyclic amines) is 1. The molecule has 1 unspecified atom stereocenters. The van der Waals surface area contributed by atoms with Crippen LogP contribution < -0.4 is 4.72 Å². The monoisotopic (exact) mass is 554 g/mol. The summed E-state index contributed by atoms with van der Waals surface area (Å²) in [4.78, 5) is 25.4. The molecular weight excluding hydrogens is 528 g/mol. The van der Waals surface area contributed by atoms with Gasteiger partial charge < -0.3 is 19.5 Å². The highest BCUT2D eigenvalue weighted by Crippen LogP contribution is 2.25. The van der Waals surface area contributed by atoms with Crippen molar-refractivity contribution in [3.05, 3.63) is 53.0 Å². The van der Waals surface area contributed by atoms with Gasteiger partial charge in [0, 0.05) is 24.7 Å². The van der Waals surface area contributed by atoms with E-state index in [1.54, 1.807) is 12.1 Å². The van der Waals surface area contributed by atoms with Gasteiger partial charge in [0.25, 0.3) is 0 Å². The van der Waals surface area contributed by atoms with Gasteiger partial charge >= 0.3 is 12.1 Å². The van der Waals surface area contributed by atoms with Crippen LogP contribution in [0, 0.1) is 5.92 Å². The first-order valence-electron chi connectivity index (χ1n) is 10.7. The van der Waals surface area contributed by atoms with Crippen LogP contribution in [0.1, 0.15) is 12.8 Å². The molecule has 34 heavy (non-hydrogen) atoms. The average Bonchev–Trinajstić information content (AvgIpc) is 2.83. The van der Waals surface area contributed by atoms with Gasteiger partial charge in [-0.15, -0.1) is 0 Å². The molecule has 9 nitrogen and oxygen atoms in total. The number of hydrogen-bond acceptors (Lipinski definition) is 6. The van der Waals surface area contributed by atoms with Gasteiger partial charge in [0.05, 0.1) is 11.5 Å². The summed E-state index contributed by atoms with van der Waals surface area (Å²) >= 11 is 3.38. The van der Waals surface area contributed by atoms with Crippen LogP contribution in [0.3, 0.4) is 0 Å². The molecule has 1 fully saturated rings. The second-order valence-electron chi connectivity index (χ2n) is 7.90. The van der Waals surface area contributed by atoms with Crippen LogP contribution >= 0.6 is 15.9 Å². The molecule has 1 atom stereocenters. The van der Waals surface area contributed by atoms with E-state index in [0.717, 1.165) is 15.6 Å². The molecule has 0 aromatic heterocycles. The van der Waals surface area contributed by atoms with Gasteiger partial charge in [0.1, 0.15) is 12.6 Å². The largest absolute Gasteiger partial charge is 0.480 e. The zero-order valence-electron chi connectivity index (χ0n) is 18.6. The molecule has 2 N–H and O–H groups in total. The van der Waals surface area contributed by atoms with Gasteiger partial charge in [0.2, 0.25) is 10.0 Å². The second kappa shape index (κ2) is 11.8. The number of amides is 1. The maximum Gasteiger partial charge on any atom is 0.409 e. The van der Waals surface area contributed by atoms with Crippen LogP contribution in [-0.2, 0) is 24.3 Å². The summed E-state index contributed by atoms with van der Waals surface area (Å²) < 4.78 is 39.1. The molecule has 1 aliphatic heterocycles. The standard InChI is InChI=1S/C23H27BrN2O7S/c1-32-14-15-33-23(29)26-12-10-18(11-13-26)21(22(27)28)25-34(30,31)20-8-4-17(5-9-20)16-2-6-19(24)7-3-16/h2-9,18,21,25H,10-15H2,1H3,(H,27,28). The van der Waals surface area contributed by atoms with Crippen LogP contribution in [0.2, 0.25) is 0 Å². The third-order valence-corrected chi connectivity index (χ3v) is 7.66. The summed E-state index contributed by atoms with van der Waals surface area (Å²) in [5.74, 6) is -1.71. The molecule has 2 aromatic rings. The van der Waals surface area contributed by atoms with E-state index in [2.05, 4.69) is 20.7 Å². The van der Waals surface area contributed by atoms with Crippen LogP contribution in [0.5, 0.6) is 0 Å². The number of hydrogen-bond donors (Lipinski definition) is 2. The highest BCUT2D eigenvalue weighted by molar-refractivity contribution is 9.10. The molecule has 0 radical (unpaired) electrons. The van der Waals surface area contributed by atoms with Gasteiger partial charge in [-0.1, -0.05) is 40.2 Å². The van der Waals surface area contributed by atoms with E-state index in [4.69, 9.17) is 9.47 Å². The van der Waals surface area contributed by atoms with Crippen LogP contribution in [-0.4, -0.2) is 69.9 Å². The van der Waals surface area contributed by atoms with Crippen molar-refractivity contribution in [2.24, 2.45) is 5.92 Å². The van der Waals surface area contributed by atoms with Gasteiger partial charge in [0.15, 0.2) is 0 Å². The third-order valence-electron chi connectivity index (χ3n) is 5.67. The van der Waals surface area contributed by atoms with Crippen LogP contribution in [0.4, 0.5) is 4.79 Å². The SMILES string of the molecule is COCCOC(=O)N1CCC(C(NS(=O)(=O)c2ccc(-c3ccc(Br)cc3)cc2)C(=O)O)CC1. The normalized spacial score (nSPS) is 15.6. The summed E-state index contributed by atoms with van der Waals surface area (Å²) in [7, 11) is -2.56. The fourth-order valence-electron chi connectivity index (χ4n) is 3.77. The Hall–Kier alpha value is -2.47. The number of ether oxygens (including phenoxy) is 2. The quantitative estimate of drug-likeness (QED) is 0.455. The van der Waals surface area contributed by atoms with E-state index in [0.29, 0.717) is 12.8 Å². The Balaban J connectivity index is 1.64. The number of piperidine rings is 1. The Kier molecular flexibility index (Phi) is 9.06. The summed E-state index contributed by atoms with van der Waals surface area (Å²) in [5.41, 5.74) is 1.77. The zero-order chi connectivity index (χ0) is 24.7. The van der Waals surface area contributed by atoms with Crippen molar-refractivity contribution >= 4 is 38.0 Å². The van der Waals surface area contributed by atoms with E-state index in [-0.39, 0.29) is 31.2 Å². The van der Waals surface area contributed by atoms with Gasteiger partial charge in [-0.25, -0.2) is 13.2 Å². The molecule has 0 bridgehead atoms. The number of aliphatic carboxylic acids is 1. The van der Waals surface area contributed by atoms with E-state index in [9.17, 15) is 23.1 Å². The lowest BCUT2D eigenvalue weighted by atomic mass is 9.90. The first-order chi connectivity index (χ1) is 16.2. The van der Waals surface area contributed by atoms with Crippen molar-refractivity contribution in [2.45, 2.75) is 23.8 Å². The molecule has 1 aliphatic rings. The summed E-state index contributed by atoms with van der Waals surface area (Å²) in [6.07, 6.45) is 0.178. The third kappa shape index (κ3) is 6.78. The number of nitrogens with one attached hydrogen (secondary N) is 1. The lowest BCUT2D eigenvalue weighted by Crippen LogP contribution is -2.50. The Labute approximate surface area is 207 Å². The summed E-state index contributed by atoms with van der Waals surface area (Å²) in [6, 6.07) is 12.6. The number of carboxylic acids is 1. The molecule has 11 heteroatoms. The van der Waals surface area contributed by atoms with Crippen molar-refractivity contribution < 1.29 is 32.6 Å². The molecule has 3 rings (SSSR count). The summed E-state index contributed by atoms with van der Waals surface area (Å²) in [6.45, 7) is 0.982.